The number of amides is 3. The first-order valence-electron chi connectivity index (χ1n) is 7.35. The third-order valence-electron chi connectivity index (χ3n) is 3.60. The molecule has 3 rings (SSSR count). The molecular weight excluding hydrogens is 297 g/mol. The number of hydrogen-bond acceptors (Lipinski definition) is 2. The van der Waals surface area contributed by atoms with Gasteiger partial charge in [-0.3, -0.25) is 4.79 Å². The molecule has 0 unspecified atom stereocenters. The number of benzene rings is 2. The predicted octanol–water partition coefficient (Wildman–Crippen LogP) is 3.32. The Labute approximate surface area is 133 Å². The molecule has 1 saturated heterocycles. The number of urea groups is 1. The van der Waals surface area contributed by atoms with Gasteiger partial charge in [-0.1, -0.05) is 12.1 Å². The molecule has 2 aromatic rings. The van der Waals surface area contributed by atoms with Crippen LogP contribution >= 0.6 is 0 Å². The van der Waals surface area contributed by atoms with Gasteiger partial charge in [0, 0.05) is 30.0 Å². The molecule has 0 aromatic heterocycles. The molecule has 1 fully saturated rings. The van der Waals surface area contributed by atoms with Gasteiger partial charge in [0.2, 0.25) is 0 Å². The second-order valence-corrected chi connectivity index (χ2v) is 5.32. The number of carbonyl (C=O) groups excluding carboxylic acids is 2. The molecule has 1 aliphatic rings. The van der Waals surface area contributed by atoms with Crippen molar-refractivity contribution in [2.24, 2.45) is 0 Å². The summed E-state index contributed by atoms with van der Waals surface area (Å²) < 4.78 is 13.1. The van der Waals surface area contributed by atoms with E-state index in [-0.39, 0.29) is 11.9 Å². The van der Waals surface area contributed by atoms with Crippen LogP contribution in [0.25, 0.3) is 0 Å². The molecule has 6 heteroatoms. The van der Waals surface area contributed by atoms with Gasteiger partial charge >= 0.3 is 6.03 Å². The lowest BCUT2D eigenvalue weighted by molar-refractivity contribution is 0.102. The second-order valence-electron chi connectivity index (χ2n) is 5.32. The van der Waals surface area contributed by atoms with Gasteiger partial charge in [0.1, 0.15) is 5.82 Å². The smallest absolute Gasteiger partial charge is 0.321 e. The molecule has 0 atom stereocenters. The van der Waals surface area contributed by atoms with Crippen LogP contribution in [0.4, 0.5) is 20.6 Å². The number of likely N-dealkylation sites (tertiary alicyclic amines) is 1. The summed E-state index contributed by atoms with van der Waals surface area (Å²) in [6, 6.07) is 12.1. The van der Waals surface area contributed by atoms with E-state index in [0.29, 0.717) is 16.9 Å². The number of halogens is 1. The topological polar surface area (TPSA) is 61.4 Å². The summed E-state index contributed by atoms with van der Waals surface area (Å²) in [6.45, 7) is 1.51. The van der Waals surface area contributed by atoms with E-state index in [1.807, 2.05) is 0 Å². The first-order valence-corrected chi connectivity index (χ1v) is 7.35. The standard InChI is InChI=1S/C17H16FN3O2/c18-13-5-2-7-15(11-13)19-16(22)12-4-1-6-14(10-12)20-17(23)21-8-3-9-21/h1-2,4-7,10-11H,3,8-9H2,(H,19,22)(H,20,23). The van der Waals surface area contributed by atoms with Crippen molar-refractivity contribution in [3.8, 4) is 0 Å². The summed E-state index contributed by atoms with van der Waals surface area (Å²) in [6.07, 6.45) is 1.02. The fourth-order valence-corrected chi connectivity index (χ4v) is 2.23. The van der Waals surface area contributed by atoms with Gasteiger partial charge in [0.25, 0.3) is 5.91 Å². The fourth-order valence-electron chi connectivity index (χ4n) is 2.23. The summed E-state index contributed by atoms with van der Waals surface area (Å²) in [5.74, 6) is -0.783. The maximum absolute atomic E-state index is 13.1. The van der Waals surface area contributed by atoms with Crippen molar-refractivity contribution in [2.45, 2.75) is 6.42 Å². The van der Waals surface area contributed by atoms with E-state index in [9.17, 15) is 14.0 Å². The highest BCUT2D eigenvalue weighted by molar-refractivity contribution is 6.05. The molecule has 2 aromatic carbocycles. The predicted molar refractivity (Wildman–Crippen MR) is 86.0 cm³/mol. The Morgan fingerprint density at radius 3 is 2.30 bits per heavy atom. The number of carbonyl (C=O) groups is 2. The minimum absolute atomic E-state index is 0.168. The molecule has 0 aliphatic carbocycles. The fraction of sp³-hybridized carbons (Fsp3) is 0.176. The molecule has 23 heavy (non-hydrogen) atoms. The third-order valence-corrected chi connectivity index (χ3v) is 3.60. The van der Waals surface area contributed by atoms with E-state index < -0.39 is 5.82 Å². The zero-order valence-corrected chi connectivity index (χ0v) is 12.4. The quantitative estimate of drug-likeness (QED) is 0.913. The van der Waals surface area contributed by atoms with Gasteiger partial charge in [-0.15, -0.1) is 0 Å². The molecule has 1 heterocycles. The van der Waals surface area contributed by atoms with Crippen LogP contribution < -0.4 is 10.6 Å². The van der Waals surface area contributed by atoms with E-state index in [0.717, 1.165) is 19.5 Å². The Bertz CT molecular complexity index is 744. The van der Waals surface area contributed by atoms with Crippen LogP contribution in [0.3, 0.4) is 0 Å². The molecule has 0 bridgehead atoms. The highest BCUT2D eigenvalue weighted by Crippen LogP contribution is 2.16. The SMILES string of the molecule is O=C(Nc1cccc(F)c1)c1cccc(NC(=O)N2CCC2)c1. The van der Waals surface area contributed by atoms with Gasteiger partial charge in [0.05, 0.1) is 0 Å². The summed E-state index contributed by atoms with van der Waals surface area (Å²) in [5.41, 5.74) is 1.31. The van der Waals surface area contributed by atoms with E-state index >= 15 is 0 Å². The zero-order chi connectivity index (χ0) is 16.2. The van der Waals surface area contributed by atoms with Gasteiger partial charge < -0.3 is 15.5 Å². The molecule has 0 spiro atoms. The largest absolute Gasteiger partial charge is 0.324 e. The highest BCUT2D eigenvalue weighted by Gasteiger charge is 2.20. The number of hydrogen-bond donors (Lipinski definition) is 2. The van der Waals surface area contributed by atoms with Crippen molar-refractivity contribution in [1.82, 2.24) is 4.90 Å². The third kappa shape index (κ3) is 3.66. The Balaban J connectivity index is 1.68. The molecule has 3 amide bonds. The van der Waals surface area contributed by atoms with E-state index in [1.54, 1.807) is 35.2 Å². The molecular formula is C17H16FN3O2. The van der Waals surface area contributed by atoms with Crippen LogP contribution in [-0.4, -0.2) is 29.9 Å². The maximum atomic E-state index is 13.1. The zero-order valence-electron chi connectivity index (χ0n) is 12.4. The molecule has 1 aliphatic heterocycles. The Morgan fingerprint density at radius 2 is 1.65 bits per heavy atom. The van der Waals surface area contributed by atoms with Crippen molar-refractivity contribution in [3.63, 3.8) is 0 Å². The van der Waals surface area contributed by atoms with Gasteiger partial charge in [-0.05, 0) is 42.8 Å². The van der Waals surface area contributed by atoms with Crippen LogP contribution in [0.15, 0.2) is 48.5 Å². The average molecular weight is 313 g/mol. The number of anilines is 2. The van der Waals surface area contributed by atoms with Crippen molar-refractivity contribution in [1.29, 1.82) is 0 Å². The molecule has 118 valence electrons. The summed E-state index contributed by atoms with van der Waals surface area (Å²) in [7, 11) is 0. The van der Waals surface area contributed by atoms with Crippen molar-refractivity contribution in [3.05, 3.63) is 59.9 Å². The van der Waals surface area contributed by atoms with E-state index in [4.69, 9.17) is 0 Å². The monoisotopic (exact) mass is 313 g/mol. The van der Waals surface area contributed by atoms with Gasteiger partial charge in [-0.2, -0.15) is 0 Å². The summed E-state index contributed by atoms with van der Waals surface area (Å²) in [5, 5.41) is 5.38. The summed E-state index contributed by atoms with van der Waals surface area (Å²) >= 11 is 0. The number of nitrogens with one attached hydrogen (secondary N) is 2. The Morgan fingerprint density at radius 1 is 0.957 bits per heavy atom. The minimum atomic E-state index is -0.418. The van der Waals surface area contributed by atoms with Crippen LogP contribution in [0.1, 0.15) is 16.8 Å². The van der Waals surface area contributed by atoms with Crippen LogP contribution in [0, 0.1) is 5.82 Å². The van der Waals surface area contributed by atoms with Crippen LogP contribution in [0.5, 0.6) is 0 Å². The average Bonchev–Trinajstić information content (AvgIpc) is 2.45. The molecule has 0 saturated carbocycles. The van der Waals surface area contributed by atoms with Gasteiger partial charge in [0.15, 0.2) is 0 Å². The van der Waals surface area contributed by atoms with Crippen molar-refractivity contribution < 1.29 is 14.0 Å². The minimum Gasteiger partial charge on any atom is -0.324 e. The van der Waals surface area contributed by atoms with Crippen molar-refractivity contribution in [2.75, 3.05) is 23.7 Å². The van der Waals surface area contributed by atoms with Crippen LogP contribution in [0.2, 0.25) is 0 Å². The Kier molecular flexibility index (Phi) is 4.23. The lowest BCUT2D eigenvalue weighted by Crippen LogP contribution is -2.44. The highest BCUT2D eigenvalue weighted by atomic mass is 19.1. The first kappa shape index (κ1) is 15.0. The first-order chi connectivity index (χ1) is 11.1. The van der Waals surface area contributed by atoms with Crippen molar-refractivity contribution >= 4 is 23.3 Å². The Hall–Kier alpha value is -2.89. The maximum Gasteiger partial charge on any atom is 0.321 e. The normalized spacial score (nSPS) is 13.2. The molecule has 2 N–H and O–H groups in total. The lowest BCUT2D eigenvalue weighted by Gasteiger charge is -2.30. The van der Waals surface area contributed by atoms with E-state index in [2.05, 4.69) is 10.6 Å². The van der Waals surface area contributed by atoms with Gasteiger partial charge in [-0.25, -0.2) is 9.18 Å². The molecule has 0 radical (unpaired) electrons. The lowest BCUT2D eigenvalue weighted by atomic mass is 10.1. The van der Waals surface area contributed by atoms with Crippen LogP contribution in [-0.2, 0) is 0 Å². The molecule has 5 nitrogen and oxygen atoms in total. The van der Waals surface area contributed by atoms with E-state index in [1.165, 1.54) is 18.2 Å². The number of rotatable bonds is 3. The summed E-state index contributed by atoms with van der Waals surface area (Å²) in [4.78, 5) is 25.8. The number of nitrogens with zero attached hydrogens (tertiary/aromatic N) is 1. The second kappa shape index (κ2) is 6.48.